The Hall–Kier alpha value is -2.35. The zero-order valence-corrected chi connectivity index (χ0v) is 11.2. The van der Waals surface area contributed by atoms with Crippen molar-refractivity contribution in [3.63, 3.8) is 0 Å². The van der Waals surface area contributed by atoms with Crippen molar-refractivity contribution in [3.05, 3.63) is 40.7 Å². The molecule has 1 heterocycles. The molecule has 0 amide bonds. The number of aromatic nitrogens is 3. The summed E-state index contributed by atoms with van der Waals surface area (Å²) in [5.74, 6) is -1.26. The van der Waals surface area contributed by atoms with Gasteiger partial charge in [0.1, 0.15) is 0 Å². The van der Waals surface area contributed by atoms with Gasteiger partial charge in [-0.1, -0.05) is 19.1 Å². The van der Waals surface area contributed by atoms with Crippen LogP contribution < -0.4 is 0 Å². The van der Waals surface area contributed by atoms with E-state index >= 15 is 0 Å². The lowest BCUT2D eigenvalue weighted by atomic mass is 9.90. The van der Waals surface area contributed by atoms with E-state index in [1.165, 1.54) is 25.1 Å². The number of benzene rings is 1. The molecule has 1 aliphatic carbocycles. The first kappa shape index (κ1) is 12.7. The number of aromatic amines is 1. The maximum absolute atomic E-state index is 12.4. The molecule has 20 heavy (non-hydrogen) atoms. The Morgan fingerprint density at radius 1 is 1.10 bits per heavy atom. The molecular formula is C12H9N3O4S. The molecule has 1 aromatic heterocycles. The van der Waals surface area contributed by atoms with Crippen LogP contribution in [0.5, 0.6) is 0 Å². The van der Waals surface area contributed by atoms with Crippen LogP contribution in [0.25, 0.3) is 0 Å². The van der Waals surface area contributed by atoms with Crippen LogP contribution in [0.2, 0.25) is 0 Å². The second-order valence-electron chi connectivity index (χ2n) is 4.26. The highest BCUT2D eigenvalue weighted by atomic mass is 32.2. The minimum atomic E-state index is -3.61. The topological polar surface area (TPSA) is 110 Å². The van der Waals surface area contributed by atoms with Crippen LogP contribution in [-0.4, -0.2) is 41.1 Å². The van der Waals surface area contributed by atoms with E-state index in [0.29, 0.717) is 0 Å². The smallest absolute Gasteiger partial charge is 0.217 e. The van der Waals surface area contributed by atoms with Crippen molar-refractivity contribution in [2.24, 2.45) is 0 Å². The van der Waals surface area contributed by atoms with Gasteiger partial charge >= 0.3 is 0 Å². The molecule has 0 saturated carbocycles. The first-order valence-electron chi connectivity index (χ1n) is 5.83. The third-order valence-corrected chi connectivity index (χ3v) is 4.96. The average molecular weight is 291 g/mol. The Bertz CT molecular complexity index is 851. The molecule has 8 heteroatoms. The Morgan fingerprint density at radius 2 is 1.75 bits per heavy atom. The van der Waals surface area contributed by atoms with Gasteiger partial charge < -0.3 is 0 Å². The van der Waals surface area contributed by atoms with Crippen molar-refractivity contribution in [3.8, 4) is 0 Å². The fourth-order valence-corrected chi connectivity index (χ4v) is 3.27. The Kier molecular flexibility index (Phi) is 2.58. The number of hydrogen-bond acceptors (Lipinski definition) is 6. The lowest BCUT2D eigenvalue weighted by Crippen LogP contribution is -2.24. The number of nitrogens with one attached hydrogen (secondary N) is 1. The van der Waals surface area contributed by atoms with Gasteiger partial charge in [-0.15, -0.1) is 0 Å². The highest BCUT2D eigenvalue weighted by Crippen LogP contribution is 2.29. The Morgan fingerprint density at radius 3 is 2.40 bits per heavy atom. The molecule has 1 N–H and O–H groups in total. The van der Waals surface area contributed by atoms with Crippen LogP contribution in [0.4, 0.5) is 0 Å². The minimum absolute atomic E-state index is 0.0472. The van der Waals surface area contributed by atoms with Crippen molar-refractivity contribution >= 4 is 21.4 Å². The fourth-order valence-electron chi connectivity index (χ4n) is 2.16. The number of carbonyl (C=O) groups excluding carboxylic acids is 2. The number of ketones is 2. The molecule has 1 aromatic carbocycles. The number of rotatable bonds is 2. The first-order chi connectivity index (χ1) is 9.47. The summed E-state index contributed by atoms with van der Waals surface area (Å²) in [4.78, 5) is 24.4. The minimum Gasteiger partial charge on any atom is -0.287 e. The zero-order valence-electron chi connectivity index (χ0n) is 10.4. The molecule has 0 radical (unpaired) electrons. The van der Waals surface area contributed by atoms with Crippen LogP contribution in [-0.2, 0) is 9.84 Å². The van der Waals surface area contributed by atoms with Gasteiger partial charge in [0.2, 0.25) is 11.6 Å². The quantitative estimate of drug-likeness (QED) is 0.730. The van der Waals surface area contributed by atoms with Crippen LogP contribution >= 0.6 is 0 Å². The normalized spacial score (nSPS) is 14.1. The van der Waals surface area contributed by atoms with Gasteiger partial charge in [-0.3, -0.25) is 9.59 Å². The largest absolute Gasteiger partial charge is 0.287 e. The summed E-state index contributed by atoms with van der Waals surface area (Å²) in [7, 11) is -3.61. The van der Waals surface area contributed by atoms with E-state index in [1.54, 1.807) is 0 Å². The maximum atomic E-state index is 12.4. The predicted molar refractivity (Wildman–Crippen MR) is 67.4 cm³/mol. The van der Waals surface area contributed by atoms with Gasteiger partial charge in [0.15, 0.2) is 21.2 Å². The molecule has 0 saturated heterocycles. The summed E-state index contributed by atoms with van der Waals surface area (Å²) in [5, 5.41) is 9.49. The summed E-state index contributed by atoms with van der Waals surface area (Å²) in [6.45, 7) is 1.48. The van der Waals surface area contributed by atoms with E-state index in [0.717, 1.165) is 0 Å². The van der Waals surface area contributed by atoms with Gasteiger partial charge in [-0.05, 0) is 6.07 Å². The third-order valence-electron chi connectivity index (χ3n) is 3.19. The molecular weight excluding hydrogens is 282 g/mol. The van der Waals surface area contributed by atoms with E-state index < -0.39 is 21.4 Å². The lowest BCUT2D eigenvalue weighted by Gasteiger charge is -2.15. The fraction of sp³-hybridized carbons (Fsp3) is 0.167. The summed E-state index contributed by atoms with van der Waals surface area (Å²) in [6.07, 6.45) is 0. The van der Waals surface area contributed by atoms with Crippen LogP contribution in [0, 0.1) is 0 Å². The monoisotopic (exact) mass is 291 g/mol. The second kappa shape index (κ2) is 4.07. The highest BCUT2D eigenvalue weighted by Gasteiger charge is 2.37. The van der Waals surface area contributed by atoms with E-state index in [-0.39, 0.29) is 33.2 Å². The van der Waals surface area contributed by atoms with Crippen LogP contribution in [0.3, 0.4) is 0 Å². The van der Waals surface area contributed by atoms with Crippen molar-refractivity contribution in [1.29, 1.82) is 0 Å². The van der Waals surface area contributed by atoms with Gasteiger partial charge in [0.25, 0.3) is 0 Å². The second-order valence-corrected chi connectivity index (χ2v) is 6.51. The van der Waals surface area contributed by atoms with Gasteiger partial charge in [0.05, 0.1) is 16.2 Å². The van der Waals surface area contributed by atoms with Crippen molar-refractivity contribution in [2.75, 3.05) is 5.75 Å². The summed E-state index contributed by atoms with van der Waals surface area (Å²) < 4.78 is 24.1. The van der Waals surface area contributed by atoms with Gasteiger partial charge in [-0.25, -0.2) is 8.42 Å². The number of sulfone groups is 1. The summed E-state index contributed by atoms with van der Waals surface area (Å²) in [5.41, 5.74) is -0.276. The van der Waals surface area contributed by atoms with Crippen LogP contribution in [0.15, 0.2) is 23.1 Å². The lowest BCUT2D eigenvalue weighted by molar-refractivity contribution is 0.0971. The molecule has 0 spiro atoms. The van der Waals surface area contributed by atoms with Crippen molar-refractivity contribution < 1.29 is 18.0 Å². The summed E-state index contributed by atoms with van der Waals surface area (Å²) in [6, 6.07) is 4.19. The number of carbonyl (C=O) groups is 2. The Labute approximate surface area is 113 Å². The highest BCUT2D eigenvalue weighted by molar-refractivity contribution is 7.91. The molecule has 1 aliphatic rings. The molecule has 2 aromatic rings. The first-order valence-corrected chi connectivity index (χ1v) is 7.48. The number of hydrogen-bond donors (Lipinski definition) is 1. The van der Waals surface area contributed by atoms with E-state index in [2.05, 4.69) is 15.4 Å². The van der Waals surface area contributed by atoms with Gasteiger partial charge in [0, 0.05) is 5.56 Å². The molecule has 3 rings (SSSR count). The van der Waals surface area contributed by atoms with E-state index in [4.69, 9.17) is 0 Å². The van der Waals surface area contributed by atoms with Crippen molar-refractivity contribution in [1.82, 2.24) is 15.4 Å². The van der Waals surface area contributed by atoms with Crippen LogP contribution in [0.1, 0.15) is 39.0 Å². The van der Waals surface area contributed by atoms with E-state index in [1.807, 2.05) is 0 Å². The molecule has 7 nitrogen and oxygen atoms in total. The number of H-pyrrole nitrogens is 1. The molecule has 0 unspecified atom stereocenters. The zero-order chi connectivity index (χ0) is 14.5. The molecule has 0 aliphatic heterocycles. The van der Waals surface area contributed by atoms with Gasteiger partial charge in [-0.2, -0.15) is 15.4 Å². The molecule has 0 fully saturated rings. The SMILES string of the molecule is CCS(=O)(=O)c1cccc2c1C(=O)c1n[nH]nc1C2=O. The molecule has 0 atom stereocenters. The maximum Gasteiger partial charge on any atom is 0.217 e. The molecule has 102 valence electrons. The predicted octanol–water partition coefficient (Wildman–Crippen LogP) is 0.374. The third kappa shape index (κ3) is 1.54. The van der Waals surface area contributed by atoms with Crippen molar-refractivity contribution in [2.45, 2.75) is 11.8 Å². The standard InChI is InChI=1S/C12H9N3O4S/c1-2-20(18,19)7-5-3-4-6-8(7)12(17)10-9(11(6)16)13-15-14-10/h3-5H,2H2,1H3,(H,13,14,15). The Balaban J connectivity index is 2.37. The molecule has 0 bridgehead atoms. The average Bonchev–Trinajstić information content (AvgIpc) is 2.94. The number of fused-ring (bicyclic) bond motifs is 2. The number of nitrogens with zero attached hydrogens (tertiary/aromatic N) is 2. The summed E-state index contributed by atoms with van der Waals surface area (Å²) >= 11 is 0. The van der Waals surface area contributed by atoms with E-state index in [9.17, 15) is 18.0 Å².